The maximum absolute atomic E-state index is 12.5. The summed E-state index contributed by atoms with van der Waals surface area (Å²) in [6.07, 6.45) is 0. The maximum atomic E-state index is 12.5. The molecular formula is C19H14N2O3. The highest BCUT2D eigenvalue weighted by Crippen LogP contribution is 2.27. The van der Waals surface area contributed by atoms with Gasteiger partial charge >= 0.3 is 5.97 Å². The Kier molecular flexibility index (Phi) is 4.39. The first-order valence-corrected chi connectivity index (χ1v) is 7.37. The van der Waals surface area contributed by atoms with Gasteiger partial charge in [-0.3, -0.25) is 0 Å². The van der Waals surface area contributed by atoms with Crippen LogP contribution < -0.4 is 0 Å². The number of ether oxygens (including phenoxy) is 1. The average molecular weight is 318 g/mol. The molecule has 0 bridgehead atoms. The van der Waals surface area contributed by atoms with Gasteiger partial charge in [0.2, 0.25) is 0 Å². The van der Waals surface area contributed by atoms with Crippen molar-refractivity contribution in [2.75, 3.05) is 0 Å². The van der Waals surface area contributed by atoms with Crippen LogP contribution in [0.5, 0.6) is 0 Å². The average Bonchev–Trinajstić information content (AvgIpc) is 3.05. The Bertz CT molecular complexity index is 922. The fourth-order valence-corrected chi connectivity index (χ4v) is 2.41. The molecule has 24 heavy (non-hydrogen) atoms. The number of hydrogen-bond acceptors (Lipinski definition) is 5. The topological polar surface area (TPSA) is 76.1 Å². The molecule has 0 atom stereocenters. The number of carbonyl (C=O) groups excluding carboxylic acids is 1. The molecule has 0 spiro atoms. The van der Waals surface area contributed by atoms with E-state index in [1.807, 2.05) is 18.2 Å². The van der Waals surface area contributed by atoms with Crippen molar-refractivity contribution in [3.05, 3.63) is 77.2 Å². The van der Waals surface area contributed by atoms with Crippen LogP contribution >= 0.6 is 0 Å². The van der Waals surface area contributed by atoms with Crippen LogP contribution in [0, 0.1) is 18.3 Å². The number of nitriles is 1. The highest BCUT2D eigenvalue weighted by molar-refractivity contribution is 5.98. The first-order chi connectivity index (χ1) is 11.7. The Balaban J connectivity index is 1.89. The molecule has 3 aromatic rings. The Morgan fingerprint density at radius 3 is 2.58 bits per heavy atom. The molecule has 0 unspecified atom stereocenters. The van der Waals surface area contributed by atoms with E-state index in [-0.39, 0.29) is 6.61 Å². The number of hydrogen-bond donors (Lipinski definition) is 0. The van der Waals surface area contributed by atoms with Gasteiger partial charge in [0.05, 0.1) is 22.9 Å². The van der Waals surface area contributed by atoms with Crippen LogP contribution in [0.1, 0.15) is 27.4 Å². The van der Waals surface area contributed by atoms with Crippen molar-refractivity contribution >= 4 is 5.97 Å². The van der Waals surface area contributed by atoms with Crippen LogP contribution in [0.2, 0.25) is 0 Å². The smallest absolute Gasteiger partial charge is 0.339 e. The number of nitrogens with zero attached hydrogens (tertiary/aromatic N) is 2. The van der Waals surface area contributed by atoms with Gasteiger partial charge in [0, 0.05) is 11.6 Å². The van der Waals surface area contributed by atoms with Crippen LogP contribution in [0.3, 0.4) is 0 Å². The lowest BCUT2D eigenvalue weighted by molar-refractivity contribution is 0.0438. The highest BCUT2D eigenvalue weighted by Gasteiger charge is 2.16. The van der Waals surface area contributed by atoms with Crippen LogP contribution in [0.15, 0.2) is 59.1 Å². The SMILES string of the molecule is Cc1cc(COC(=O)c2ccccc2-c2ccccc2C#N)on1. The predicted molar refractivity (Wildman–Crippen MR) is 87.0 cm³/mol. The Hall–Kier alpha value is -3.39. The number of aromatic nitrogens is 1. The van der Waals surface area contributed by atoms with Crippen LogP contribution in [-0.4, -0.2) is 11.1 Å². The number of aryl methyl sites for hydroxylation is 1. The van der Waals surface area contributed by atoms with Gasteiger partial charge in [0.15, 0.2) is 12.4 Å². The summed E-state index contributed by atoms with van der Waals surface area (Å²) < 4.78 is 10.3. The molecule has 5 nitrogen and oxygen atoms in total. The first kappa shape index (κ1) is 15.5. The minimum Gasteiger partial charge on any atom is -0.454 e. The summed E-state index contributed by atoms with van der Waals surface area (Å²) in [5.74, 6) is 0.00292. The Labute approximate surface area is 139 Å². The van der Waals surface area contributed by atoms with Crippen molar-refractivity contribution in [1.29, 1.82) is 5.26 Å². The normalized spacial score (nSPS) is 10.2. The lowest BCUT2D eigenvalue weighted by Crippen LogP contribution is -2.07. The zero-order valence-corrected chi connectivity index (χ0v) is 13.0. The molecule has 0 aliphatic carbocycles. The second kappa shape index (κ2) is 6.80. The summed E-state index contributed by atoms with van der Waals surface area (Å²) in [6, 6.07) is 18.1. The zero-order chi connectivity index (χ0) is 16.9. The molecule has 0 saturated heterocycles. The maximum Gasteiger partial charge on any atom is 0.339 e. The van der Waals surface area contributed by atoms with Crippen molar-refractivity contribution in [2.24, 2.45) is 0 Å². The number of carbonyl (C=O) groups is 1. The molecule has 0 N–H and O–H groups in total. The molecule has 2 aromatic carbocycles. The monoisotopic (exact) mass is 318 g/mol. The second-order valence-corrected chi connectivity index (χ2v) is 5.21. The molecule has 0 aliphatic heterocycles. The van der Waals surface area contributed by atoms with E-state index in [0.717, 1.165) is 5.69 Å². The quantitative estimate of drug-likeness (QED) is 0.682. The lowest BCUT2D eigenvalue weighted by Gasteiger charge is -2.10. The van der Waals surface area contributed by atoms with Gasteiger partial charge in [-0.2, -0.15) is 5.26 Å². The van der Waals surface area contributed by atoms with E-state index in [2.05, 4.69) is 11.2 Å². The molecule has 3 rings (SSSR count). The minimum absolute atomic E-state index is 0.00784. The molecule has 0 aliphatic rings. The van der Waals surface area contributed by atoms with Gasteiger partial charge in [0.1, 0.15) is 0 Å². The van der Waals surface area contributed by atoms with E-state index < -0.39 is 5.97 Å². The van der Waals surface area contributed by atoms with E-state index in [9.17, 15) is 10.1 Å². The van der Waals surface area contributed by atoms with Gasteiger partial charge in [-0.25, -0.2) is 4.79 Å². The third-order valence-corrected chi connectivity index (χ3v) is 3.51. The lowest BCUT2D eigenvalue weighted by atomic mass is 9.96. The van der Waals surface area contributed by atoms with E-state index in [1.54, 1.807) is 43.3 Å². The van der Waals surface area contributed by atoms with Crippen molar-refractivity contribution in [1.82, 2.24) is 5.16 Å². The van der Waals surface area contributed by atoms with E-state index >= 15 is 0 Å². The summed E-state index contributed by atoms with van der Waals surface area (Å²) in [5.41, 5.74) is 2.99. The van der Waals surface area contributed by atoms with Crippen LogP contribution in [0.4, 0.5) is 0 Å². The Morgan fingerprint density at radius 1 is 1.17 bits per heavy atom. The summed E-state index contributed by atoms with van der Waals surface area (Å²) >= 11 is 0. The molecule has 1 heterocycles. The number of benzene rings is 2. The molecule has 0 radical (unpaired) electrons. The Morgan fingerprint density at radius 2 is 1.88 bits per heavy atom. The molecule has 0 amide bonds. The van der Waals surface area contributed by atoms with Crippen molar-refractivity contribution in [3.8, 4) is 17.2 Å². The molecule has 118 valence electrons. The van der Waals surface area contributed by atoms with Gasteiger partial charge in [-0.15, -0.1) is 0 Å². The third-order valence-electron chi connectivity index (χ3n) is 3.51. The van der Waals surface area contributed by atoms with E-state index in [0.29, 0.717) is 28.0 Å². The molecule has 1 aromatic heterocycles. The predicted octanol–water partition coefficient (Wildman–Crippen LogP) is 3.88. The summed E-state index contributed by atoms with van der Waals surface area (Å²) in [5, 5.41) is 13.0. The highest BCUT2D eigenvalue weighted by atomic mass is 16.5. The molecule has 0 fully saturated rings. The third kappa shape index (κ3) is 3.18. The van der Waals surface area contributed by atoms with E-state index in [1.165, 1.54) is 0 Å². The minimum atomic E-state index is -0.479. The van der Waals surface area contributed by atoms with E-state index in [4.69, 9.17) is 9.26 Å². The fourth-order valence-electron chi connectivity index (χ4n) is 2.41. The van der Waals surface area contributed by atoms with Crippen molar-refractivity contribution < 1.29 is 14.1 Å². The second-order valence-electron chi connectivity index (χ2n) is 5.21. The fraction of sp³-hybridized carbons (Fsp3) is 0.105. The van der Waals surface area contributed by atoms with Gasteiger partial charge in [-0.05, 0) is 24.6 Å². The summed E-state index contributed by atoms with van der Waals surface area (Å²) in [4.78, 5) is 12.5. The van der Waals surface area contributed by atoms with Crippen LogP contribution in [-0.2, 0) is 11.3 Å². The van der Waals surface area contributed by atoms with Gasteiger partial charge < -0.3 is 9.26 Å². The van der Waals surface area contributed by atoms with Crippen molar-refractivity contribution in [2.45, 2.75) is 13.5 Å². The number of esters is 1. The van der Waals surface area contributed by atoms with Gasteiger partial charge in [0.25, 0.3) is 0 Å². The molecule has 5 heteroatoms. The zero-order valence-electron chi connectivity index (χ0n) is 13.0. The largest absolute Gasteiger partial charge is 0.454 e. The number of rotatable bonds is 4. The standard InChI is InChI=1S/C19H14N2O3/c1-13-10-15(24-21-13)12-23-19(22)18-9-5-4-8-17(18)16-7-3-2-6-14(16)11-20/h2-10H,12H2,1H3. The molecule has 0 saturated carbocycles. The summed E-state index contributed by atoms with van der Waals surface area (Å²) in [6.45, 7) is 1.80. The van der Waals surface area contributed by atoms with Gasteiger partial charge in [-0.1, -0.05) is 41.6 Å². The summed E-state index contributed by atoms with van der Waals surface area (Å²) in [7, 11) is 0. The van der Waals surface area contributed by atoms with Crippen molar-refractivity contribution in [3.63, 3.8) is 0 Å². The van der Waals surface area contributed by atoms with Crippen LogP contribution in [0.25, 0.3) is 11.1 Å². The first-order valence-electron chi connectivity index (χ1n) is 7.37. The molecular weight excluding hydrogens is 304 g/mol.